The number of hydrogen-bond acceptors (Lipinski definition) is 6. The van der Waals surface area contributed by atoms with Crippen LogP contribution in [0.25, 0.3) is 0 Å². The standard InChI is InChI=1S/C15H20O6/c1-9(16)21-8-15(18)6-10-12(19-2)4-5-13(20-3)14(10)11(17)7-15/h4-5,11,17-18H,6-8H2,1-3H3. The quantitative estimate of drug-likeness (QED) is 0.806. The summed E-state index contributed by atoms with van der Waals surface area (Å²) in [4.78, 5) is 10.9. The number of hydrogen-bond donors (Lipinski definition) is 2. The number of rotatable bonds is 4. The average Bonchev–Trinajstić information content (AvgIpc) is 2.44. The number of carbonyl (C=O) groups excluding carboxylic acids is 1. The van der Waals surface area contributed by atoms with Gasteiger partial charge in [0.25, 0.3) is 0 Å². The van der Waals surface area contributed by atoms with Crippen molar-refractivity contribution < 1.29 is 29.2 Å². The normalized spacial score (nSPS) is 24.1. The zero-order chi connectivity index (χ0) is 15.6. The summed E-state index contributed by atoms with van der Waals surface area (Å²) < 4.78 is 15.5. The van der Waals surface area contributed by atoms with E-state index in [9.17, 15) is 15.0 Å². The molecule has 2 atom stereocenters. The van der Waals surface area contributed by atoms with Crippen LogP contribution in [0.15, 0.2) is 12.1 Å². The molecule has 0 fully saturated rings. The lowest BCUT2D eigenvalue weighted by Crippen LogP contribution is -2.42. The average molecular weight is 296 g/mol. The second-order valence-electron chi connectivity index (χ2n) is 5.26. The van der Waals surface area contributed by atoms with Gasteiger partial charge in [-0.3, -0.25) is 4.79 Å². The number of aliphatic hydroxyl groups is 2. The summed E-state index contributed by atoms with van der Waals surface area (Å²) in [5.74, 6) is 0.639. The highest BCUT2D eigenvalue weighted by Crippen LogP contribution is 2.44. The van der Waals surface area contributed by atoms with E-state index >= 15 is 0 Å². The zero-order valence-corrected chi connectivity index (χ0v) is 12.4. The number of methoxy groups -OCH3 is 2. The van der Waals surface area contributed by atoms with E-state index in [4.69, 9.17) is 14.2 Å². The molecule has 6 nitrogen and oxygen atoms in total. The molecule has 2 rings (SSSR count). The van der Waals surface area contributed by atoms with Gasteiger partial charge in [0.2, 0.25) is 0 Å². The van der Waals surface area contributed by atoms with E-state index in [1.54, 1.807) is 12.1 Å². The molecule has 21 heavy (non-hydrogen) atoms. The van der Waals surface area contributed by atoms with Crippen molar-refractivity contribution in [3.05, 3.63) is 23.3 Å². The van der Waals surface area contributed by atoms with E-state index in [-0.39, 0.29) is 19.4 Å². The molecule has 0 saturated heterocycles. The van der Waals surface area contributed by atoms with Gasteiger partial charge in [-0.05, 0) is 12.1 Å². The summed E-state index contributed by atoms with van der Waals surface area (Å²) in [6, 6.07) is 3.44. The molecule has 1 aliphatic carbocycles. The van der Waals surface area contributed by atoms with Crippen LogP contribution in [0, 0.1) is 0 Å². The van der Waals surface area contributed by atoms with Gasteiger partial charge in [0.15, 0.2) is 0 Å². The Kier molecular flexibility index (Phi) is 4.39. The molecule has 0 amide bonds. The molecule has 1 aliphatic rings. The summed E-state index contributed by atoms with van der Waals surface area (Å²) in [6.07, 6.45) is -0.636. The van der Waals surface area contributed by atoms with Crippen LogP contribution in [-0.2, 0) is 16.0 Å². The van der Waals surface area contributed by atoms with Crippen molar-refractivity contribution in [2.45, 2.75) is 31.5 Å². The molecule has 1 aromatic rings. The second kappa shape index (κ2) is 5.91. The summed E-state index contributed by atoms with van der Waals surface area (Å²) in [6.45, 7) is 1.11. The smallest absolute Gasteiger partial charge is 0.302 e. The first-order valence-electron chi connectivity index (χ1n) is 6.68. The molecule has 0 spiro atoms. The maximum absolute atomic E-state index is 10.9. The van der Waals surface area contributed by atoms with E-state index in [1.807, 2.05) is 0 Å². The van der Waals surface area contributed by atoms with E-state index in [0.29, 0.717) is 22.6 Å². The summed E-state index contributed by atoms with van der Waals surface area (Å²) in [7, 11) is 3.04. The maximum atomic E-state index is 10.9. The fourth-order valence-electron chi connectivity index (χ4n) is 2.75. The molecule has 1 aromatic carbocycles. The molecular formula is C15H20O6. The maximum Gasteiger partial charge on any atom is 0.302 e. The van der Waals surface area contributed by atoms with Crippen LogP contribution >= 0.6 is 0 Å². The lowest BCUT2D eigenvalue weighted by atomic mass is 9.78. The third kappa shape index (κ3) is 3.11. The van der Waals surface area contributed by atoms with E-state index < -0.39 is 17.7 Å². The van der Waals surface area contributed by atoms with Crippen molar-refractivity contribution in [1.29, 1.82) is 0 Å². The Hall–Kier alpha value is -1.79. The summed E-state index contributed by atoms with van der Waals surface area (Å²) in [5, 5.41) is 20.9. The highest BCUT2D eigenvalue weighted by Gasteiger charge is 2.41. The molecule has 0 saturated carbocycles. The van der Waals surface area contributed by atoms with Gasteiger partial charge in [0.05, 0.1) is 20.3 Å². The van der Waals surface area contributed by atoms with Crippen LogP contribution in [0.1, 0.15) is 30.6 Å². The Morgan fingerprint density at radius 3 is 2.52 bits per heavy atom. The van der Waals surface area contributed by atoms with Crippen LogP contribution in [-0.4, -0.2) is 42.6 Å². The molecule has 0 radical (unpaired) electrons. The number of benzene rings is 1. The van der Waals surface area contributed by atoms with E-state index in [2.05, 4.69) is 0 Å². The minimum Gasteiger partial charge on any atom is -0.496 e. The molecule has 0 aliphatic heterocycles. The highest BCUT2D eigenvalue weighted by atomic mass is 16.5. The molecule has 6 heteroatoms. The van der Waals surface area contributed by atoms with Crippen molar-refractivity contribution in [2.24, 2.45) is 0 Å². The third-order valence-electron chi connectivity index (χ3n) is 3.67. The van der Waals surface area contributed by atoms with E-state index in [0.717, 1.165) is 0 Å². The zero-order valence-electron chi connectivity index (χ0n) is 12.4. The van der Waals surface area contributed by atoms with Crippen LogP contribution in [0.2, 0.25) is 0 Å². The Morgan fingerprint density at radius 1 is 1.33 bits per heavy atom. The van der Waals surface area contributed by atoms with Crippen LogP contribution in [0.5, 0.6) is 11.5 Å². The van der Waals surface area contributed by atoms with Gasteiger partial charge in [0, 0.05) is 30.9 Å². The van der Waals surface area contributed by atoms with Crippen LogP contribution in [0.4, 0.5) is 0 Å². The second-order valence-corrected chi connectivity index (χ2v) is 5.26. The fourth-order valence-corrected chi connectivity index (χ4v) is 2.75. The Labute approximate surface area is 123 Å². The predicted molar refractivity (Wildman–Crippen MR) is 74.4 cm³/mol. The molecule has 2 unspecified atom stereocenters. The number of ether oxygens (including phenoxy) is 3. The van der Waals surface area contributed by atoms with Crippen molar-refractivity contribution >= 4 is 5.97 Å². The van der Waals surface area contributed by atoms with E-state index in [1.165, 1.54) is 21.1 Å². The Balaban J connectivity index is 2.39. The first-order chi connectivity index (χ1) is 9.90. The monoisotopic (exact) mass is 296 g/mol. The Bertz CT molecular complexity index is 541. The highest BCUT2D eigenvalue weighted by molar-refractivity contribution is 5.66. The van der Waals surface area contributed by atoms with Gasteiger partial charge >= 0.3 is 5.97 Å². The van der Waals surface area contributed by atoms with Gasteiger partial charge in [-0.1, -0.05) is 0 Å². The van der Waals surface area contributed by atoms with Gasteiger partial charge < -0.3 is 24.4 Å². The predicted octanol–water partition coefficient (Wildman–Crippen LogP) is 0.978. The first-order valence-corrected chi connectivity index (χ1v) is 6.68. The van der Waals surface area contributed by atoms with Crippen molar-refractivity contribution in [1.82, 2.24) is 0 Å². The third-order valence-corrected chi connectivity index (χ3v) is 3.67. The number of aliphatic hydroxyl groups excluding tert-OH is 1. The molecular weight excluding hydrogens is 276 g/mol. The van der Waals surface area contributed by atoms with Gasteiger partial charge in [-0.15, -0.1) is 0 Å². The number of carbonyl (C=O) groups is 1. The summed E-state index contributed by atoms with van der Waals surface area (Å²) in [5.41, 5.74) is -0.0350. The minimum atomic E-state index is -1.32. The molecule has 116 valence electrons. The van der Waals surface area contributed by atoms with Gasteiger partial charge in [-0.25, -0.2) is 0 Å². The van der Waals surface area contributed by atoms with Crippen LogP contribution < -0.4 is 9.47 Å². The number of esters is 1. The molecule has 0 heterocycles. The van der Waals surface area contributed by atoms with Crippen molar-refractivity contribution in [2.75, 3.05) is 20.8 Å². The van der Waals surface area contributed by atoms with Gasteiger partial charge in [0.1, 0.15) is 23.7 Å². The topological polar surface area (TPSA) is 85.2 Å². The SMILES string of the molecule is COc1ccc(OC)c2c1CC(O)(COC(C)=O)CC2O. The first kappa shape index (κ1) is 15.6. The Morgan fingerprint density at radius 2 is 1.95 bits per heavy atom. The molecule has 0 bridgehead atoms. The molecule has 2 N–H and O–H groups in total. The van der Waals surface area contributed by atoms with Crippen molar-refractivity contribution in [3.63, 3.8) is 0 Å². The minimum absolute atomic E-state index is 0.0663. The van der Waals surface area contributed by atoms with Crippen molar-refractivity contribution in [3.8, 4) is 11.5 Å². The number of fused-ring (bicyclic) bond motifs is 1. The lowest BCUT2D eigenvalue weighted by Gasteiger charge is -2.36. The van der Waals surface area contributed by atoms with Crippen LogP contribution in [0.3, 0.4) is 0 Å². The summed E-state index contributed by atoms with van der Waals surface area (Å²) >= 11 is 0. The fraction of sp³-hybridized carbons (Fsp3) is 0.533. The van der Waals surface area contributed by atoms with Gasteiger partial charge in [-0.2, -0.15) is 0 Å². The largest absolute Gasteiger partial charge is 0.496 e. The lowest BCUT2D eigenvalue weighted by molar-refractivity contribution is -0.151. The molecule has 0 aromatic heterocycles.